The highest BCUT2D eigenvalue weighted by Crippen LogP contribution is 2.27. The Balaban J connectivity index is 0.00000300. The smallest absolute Gasteiger partial charge is 0.322 e. The van der Waals surface area contributed by atoms with Gasteiger partial charge in [-0.1, -0.05) is 23.8 Å². The van der Waals surface area contributed by atoms with Gasteiger partial charge in [0.25, 0.3) is 5.91 Å². The zero-order valence-electron chi connectivity index (χ0n) is 16.3. The van der Waals surface area contributed by atoms with Crippen LogP contribution in [0.1, 0.15) is 21.5 Å². The molecule has 1 aliphatic rings. The highest BCUT2D eigenvalue weighted by Gasteiger charge is 2.27. The maximum atomic E-state index is 12.8. The molecule has 0 unspecified atom stereocenters. The van der Waals surface area contributed by atoms with Crippen molar-refractivity contribution in [3.05, 3.63) is 59.2 Å². The Morgan fingerprint density at radius 3 is 2.62 bits per heavy atom. The molecule has 156 valence electrons. The first-order valence-corrected chi connectivity index (χ1v) is 8.85. The van der Waals surface area contributed by atoms with E-state index in [0.29, 0.717) is 24.5 Å². The predicted molar refractivity (Wildman–Crippen MR) is 113 cm³/mol. The second kappa shape index (κ2) is 10.1. The second-order valence-corrected chi connectivity index (χ2v) is 6.64. The number of hydrogen-bond acceptors (Lipinski definition) is 5. The number of benzene rings is 2. The van der Waals surface area contributed by atoms with Gasteiger partial charge in [-0.2, -0.15) is 13.5 Å². The fourth-order valence-electron chi connectivity index (χ4n) is 3.00. The third-order valence-corrected chi connectivity index (χ3v) is 4.45. The SMILES string of the molecule is COC[C@@H]1CN(C(=O)Nc2ccc(C)cc2)Cc2ccc(C(=O)NO)cc2O1.S. The van der Waals surface area contributed by atoms with Crippen molar-refractivity contribution in [3.63, 3.8) is 0 Å². The number of hydroxylamine groups is 1. The number of ether oxygens (including phenoxy) is 2. The van der Waals surface area contributed by atoms with Gasteiger partial charge in [-0.3, -0.25) is 10.0 Å². The van der Waals surface area contributed by atoms with E-state index in [-0.39, 0.29) is 31.7 Å². The Hall–Kier alpha value is -2.75. The van der Waals surface area contributed by atoms with Crippen molar-refractivity contribution in [2.24, 2.45) is 0 Å². The summed E-state index contributed by atoms with van der Waals surface area (Å²) in [6.45, 7) is 2.90. The fraction of sp³-hybridized carbons (Fsp3) is 0.300. The van der Waals surface area contributed by atoms with E-state index in [1.54, 1.807) is 35.7 Å². The Morgan fingerprint density at radius 2 is 1.97 bits per heavy atom. The Labute approximate surface area is 176 Å². The van der Waals surface area contributed by atoms with Gasteiger partial charge in [-0.15, -0.1) is 0 Å². The molecule has 0 bridgehead atoms. The van der Waals surface area contributed by atoms with Crippen molar-refractivity contribution in [1.82, 2.24) is 10.4 Å². The topological polar surface area (TPSA) is 100 Å². The van der Waals surface area contributed by atoms with Crippen LogP contribution < -0.4 is 15.5 Å². The van der Waals surface area contributed by atoms with Crippen LogP contribution >= 0.6 is 13.5 Å². The highest BCUT2D eigenvalue weighted by molar-refractivity contribution is 7.59. The monoisotopic (exact) mass is 419 g/mol. The number of methoxy groups -OCH3 is 1. The maximum absolute atomic E-state index is 12.8. The first-order chi connectivity index (χ1) is 13.5. The van der Waals surface area contributed by atoms with Crippen LogP contribution in [0, 0.1) is 6.92 Å². The molecule has 3 amide bonds. The lowest BCUT2D eigenvalue weighted by Crippen LogP contribution is -2.41. The van der Waals surface area contributed by atoms with E-state index in [0.717, 1.165) is 11.1 Å². The lowest BCUT2D eigenvalue weighted by molar-refractivity contribution is 0.0672. The average molecular weight is 420 g/mol. The number of aryl methyl sites for hydroxylation is 1. The third-order valence-electron chi connectivity index (χ3n) is 4.45. The Morgan fingerprint density at radius 1 is 1.24 bits per heavy atom. The molecular weight excluding hydrogens is 394 g/mol. The van der Waals surface area contributed by atoms with E-state index < -0.39 is 12.0 Å². The molecule has 0 fully saturated rings. The minimum absolute atomic E-state index is 0. The molecule has 0 aliphatic carbocycles. The summed E-state index contributed by atoms with van der Waals surface area (Å²) in [6.07, 6.45) is -0.401. The molecule has 2 aromatic carbocycles. The van der Waals surface area contributed by atoms with E-state index in [9.17, 15) is 9.59 Å². The normalized spacial score (nSPS) is 15.3. The number of nitrogens with one attached hydrogen (secondary N) is 2. The second-order valence-electron chi connectivity index (χ2n) is 6.64. The van der Waals surface area contributed by atoms with E-state index >= 15 is 0 Å². The maximum Gasteiger partial charge on any atom is 0.322 e. The molecular formula is C20H25N3O5S. The van der Waals surface area contributed by atoms with Crippen molar-refractivity contribution < 1.29 is 24.3 Å². The summed E-state index contributed by atoms with van der Waals surface area (Å²) in [7, 11) is 1.56. The number of nitrogens with zero attached hydrogens (tertiary/aromatic N) is 1. The number of carbonyl (C=O) groups is 2. The number of urea groups is 1. The van der Waals surface area contributed by atoms with Gasteiger partial charge in [-0.25, -0.2) is 10.3 Å². The summed E-state index contributed by atoms with van der Waals surface area (Å²) in [6, 6.07) is 12.1. The minimum Gasteiger partial charge on any atom is -0.486 e. The van der Waals surface area contributed by atoms with Crippen LogP contribution in [0.25, 0.3) is 0 Å². The lowest BCUT2D eigenvalue weighted by Gasteiger charge is -2.24. The van der Waals surface area contributed by atoms with Gasteiger partial charge < -0.3 is 19.7 Å². The molecule has 0 spiro atoms. The molecule has 1 heterocycles. The van der Waals surface area contributed by atoms with Gasteiger partial charge in [0.05, 0.1) is 19.7 Å². The molecule has 3 N–H and O–H groups in total. The van der Waals surface area contributed by atoms with Gasteiger partial charge >= 0.3 is 6.03 Å². The van der Waals surface area contributed by atoms with Gasteiger partial charge in [0.1, 0.15) is 11.9 Å². The number of carbonyl (C=O) groups excluding carboxylic acids is 2. The van der Waals surface area contributed by atoms with Crippen LogP contribution in [-0.4, -0.2) is 48.4 Å². The first kappa shape index (κ1) is 22.5. The molecule has 9 heteroatoms. The predicted octanol–water partition coefficient (Wildman–Crippen LogP) is 2.67. The molecule has 8 nitrogen and oxygen atoms in total. The standard InChI is InChI=1S/C20H23N3O5.H2S/c1-13-3-7-16(8-4-13)21-20(25)23-10-15-6-5-14(19(24)22-26)9-18(15)28-17(11-23)12-27-2;/h3-9,17,26H,10-12H2,1-2H3,(H,21,25)(H,22,24);1H2/t17-;/m0./s1. The number of amides is 3. The van der Waals surface area contributed by atoms with E-state index in [1.807, 2.05) is 31.2 Å². The average Bonchev–Trinajstić information content (AvgIpc) is 2.88. The lowest BCUT2D eigenvalue weighted by atomic mass is 10.1. The van der Waals surface area contributed by atoms with Crippen molar-refractivity contribution in [2.75, 3.05) is 25.6 Å². The van der Waals surface area contributed by atoms with Gasteiger partial charge in [0.15, 0.2) is 0 Å². The summed E-state index contributed by atoms with van der Waals surface area (Å²) < 4.78 is 11.2. The van der Waals surface area contributed by atoms with E-state index in [4.69, 9.17) is 14.7 Å². The van der Waals surface area contributed by atoms with Crippen LogP contribution in [0.3, 0.4) is 0 Å². The van der Waals surface area contributed by atoms with Crippen LogP contribution in [0.15, 0.2) is 42.5 Å². The highest BCUT2D eigenvalue weighted by atomic mass is 32.1. The largest absolute Gasteiger partial charge is 0.486 e. The Bertz CT molecular complexity index is 860. The molecule has 0 radical (unpaired) electrons. The van der Waals surface area contributed by atoms with Crippen LogP contribution in [0.4, 0.5) is 10.5 Å². The zero-order chi connectivity index (χ0) is 20.1. The van der Waals surface area contributed by atoms with Crippen LogP contribution in [-0.2, 0) is 11.3 Å². The molecule has 0 saturated carbocycles. The number of hydrogen-bond donors (Lipinski definition) is 3. The van der Waals surface area contributed by atoms with Crippen molar-refractivity contribution in [1.29, 1.82) is 0 Å². The molecule has 3 rings (SSSR count). The van der Waals surface area contributed by atoms with Crippen molar-refractivity contribution >= 4 is 31.1 Å². The molecule has 0 saturated heterocycles. The van der Waals surface area contributed by atoms with Crippen molar-refractivity contribution in [2.45, 2.75) is 19.6 Å². The van der Waals surface area contributed by atoms with Crippen molar-refractivity contribution in [3.8, 4) is 5.75 Å². The summed E-state index contributed by atoms with van der Waals surface area (Å²) in [5.74, 6) is -0.151. The first-order valence-electron chi connectivity index (χ1n) is 8.85. The molecule has 1 atom stereocenters. The quantitative estimate of drug-likeness (QED) is 0.523. The minimum atomic E-state index is -0.632. The zero-order valence-corrected chi connectivity index (χ0v) is 17.3. The van der Waals surface area contributed by atoms with Gasteiger partial charge in [0, 0.05) is 23.9 Å². The number of fused-ring (bicyclic) bond motifs is 1. The third kappa shape index (κ3) is 5.63. The summed E-state index contributed by atoms with van der Waals surface area (Å²) in [4.78, 5) is 26.1. The fourth-order valence-corrected chi connectivity index (χ4v) is 3.00. The Kier molecular flexibility index (Phi) is 7.89. The molecule has 2 aromatic rings. The number of rotatable bonds is 4. The summed E-state index contributed by atoms with van der Waals surface area (Å²) in [5, 5.41) is 11.7. The van der Waals surface area contributed by atoms with E-state index in [1.165, 1.54) is 0 Å². The molecule has 1 aliphatic heterocycles. The summed E-state index contributed by atoms with van der Waals surface area (Å²) in [5.41, 5.74) is 4.44. The van der Waals surface area contributed by atoms with Crippen LogP contribution in [0.5, 0.6) is 5.75 Å². The van der Waals surface area contributed by atoms with Gasteiger partial charge in [0.2, 0.25) is 0 Å². The van der Waals surface area contributed by atoms with Gasteiger partial charge in [-0.05, 0) is 31.2 Å². The summed E-state index contributed by atoms with van der Waals surface area (Å²) >= 11 is 0. The molecule has 0 aromatic heterocycles. The number of anilines is 1. The molecule has 29 heavy (non-hydrogen) atoms. The van der Waals surface area contributed by atoms with Crippen LogP contribution in [0.2, 0.25) is 0 Å². The van der Waals surface area contributed by atoms with E-state index in [2.05, 4.69) is 5.32 Å².